The molecule has 5 heteroatoms. The summed E-state index contributed by atoms with van der Waals surface area (Å²) in [6, 6.07) is 0. The number of aliphatic hydroxyl groups is 1. The Kier molecular flexibility index (Phi) is 3.49. The number of aliphatic hydroxyl groups excluding tert-OH is 1. The summed E-state index contributed by atoms with van der Waals surface area (Å²) in [5.74, 6) is 0.963. The molecule has 0 aromatic carbocycles. The Morgan fingerprint density at radius 3 is 2.73 bits per heavy atom. The van der Waals surface area contributed by atoms with Gasteiger partial charge in [0.1, 0.15) is 5.82 Å². The molecular weight excluding hydrogens is 214 g/mol. The van der Waals surface area contributed by atoms with Gasteiger partial charge in [0, 0.05) is 19.6 Å². The monoisotopic (exact) mass is 229 g/mol. The standard InChI is InChI=1S/C10H16ClN3O/c11-9-10(13-4-2-1-3-5-13)14(6-7-15)8-12-9/h8,15H,1-7H2. The van der Waals surface area contributed by atoms with E-state index in [1.165, 1.54) is 19.3 Å². The number of imidazole rings is 1. The lowest BCUT2D eigenvalue weighted by molar-refractivity contribution is 0.276. The lowest BCUT2D eigenvalue weighted by Crippen LogP contribution is -2.31. The Morgan fingerprint density at radius 1 is 1.33 bits per heavy atom. The van der Waals surface area contributed by atoms with Gasteiger partial charge in [0.2, 0.25) is 0 Å². The molecule has 0 radical (unpaired) electrons. The molecule has 0 aliphatic carbocycles. The third-order valence-corrected chi connectivity index (χ3v) is 3.03. The van der Waals surface area contributed by atoms with Crippen molar-refractivity contribution in [1.29, 1.82) is 0 Å². The zero-order valence-corrected chi connectivity index (χ0v) is 9.45. The summed E-state index contributed by atoms with van der Waals surface area (Å²) in [7, 11) is 0. The molecule has 0 saturated carbocycles. The Balaban J connectivity index is 2.19. The number of nitrogens with zero attached hydrogens (tertiary/aromatic N) is 3. The van der Waals surface area contributed by atoms with E-state index in [0.29, 0.717) is 11.7 Å². The van der Waals surface area contributed by atoms with Crippen LogP contribution in [0.15, 0.2) is 6.33 Å². The van der Waals surface area contributed by atoms with Gasteiger partial charge in [0.15, 0.2) is 5.15 Å². The first-order valence-corrected chi connectivity index (χ1v) is 5.77. The molecule has 1 aromatic rings. The summed E-state index contributed by atoms with van der Waals surface area (Å²) in [5.41, 5.74) is 0. The number of hydrogen-bond acceptors (Lipinski definition) is 3. The minimum Gasteiger partial charge on any atom is -0.395 e. The maximum atomic E-state index is 8.94. The predicted octanol–water partition coefficient (Wildman–Crippen LogP) is 1.52. The van der Waals surface area contributed by atoms with Crippen LogP contribution in [-0.2, 0) is 6.54 Å². The van der Waals surface area contributed by atoms with Crippen molar-refractivity contribution in [1.82, 2.24) is 9.55 Å². The minimum atomic E-state index is 0.119. The third-order valence-electron chi connectivity index (χ3n) is 2.76. The lowest BCUT2D eigenvalue weighted by atomic mass is 10.1. The molecule has 1 N–H and O–H groups in total. The smallest absolute Gasteiger partial charge is 0.171 e. The van der Waals surface area contributed by atoms with Crippen molar-refractivity contribution in [3.05, 3.63) is 11.5 Å². The van der Waals surface area contributed by atoms with Crippen molar-refractivity contribution in [3.8, 4) is 0 Å². The fourth-order valence-corrected chi connectivity index (χ4v) is 2.31. The highest BCUT2D eigenvalue weighted by Crippen LogP contribution is 2.27. The SMILES string of the molecule is OCCn1cnc(Cl)c1N1CCCCC1. The molecule has 1 saturated heterocycles. The third kappa shape index (κ3) is 2.26. The largest absolute Gasteiger partial charge is 0.395 e. The van der Waals surface area contributed by atoms with Gasteiger partial charge in [0.25, 0.3) is 0 Å². The summed E-state index contributed by atoms with van der Waals surface area (Å²) >= 11 is 6.06. The number of piperidine rings is 1. The van der Waals surface area contributed by atoms with E-state index in [1.807, 2.05) is 4.57 Å². The summed E-state index contributed by atoms with van der Waals surface area (Å²) in [5, 5.41) is 9.49. The normalized spacial score (nSPS) is 17.1. The first-order valence-electron chi connectivity index (χ1n) is 5.39. The van der Waals surface area contributed by atoms with Crippen molar-refractivity contribution >= 4 is 17.4 Å². The number of aromatic nitrogens is 2. The van der Waals surface area contributed by atoms with Crippen molar-refractivity contribution in [3.63, 3.8) is 0 Å². The molecule has 0 atom stereocenters. The van der Waals surface area contributed by atoms with E-state index >= 15 is 0 Å². The van der Waals surface area contributed by atoms with E-state index < -0.39 is 0 Å². The van der Waals surface area contributed by atoms with Crippen LogP contribution in [0.4, 0.5) is 5.82 Å². The fourth-order valence-electron chi connectivity index (χ4n) is 2.04. The van der Waals surface area contributed by atoms with Gasteiger partial charge in [-0.2, -0.15) is 0 Å². The van der Waals surface area contributed by atoms with Crippen LogP contribution in [0.1, 0.15) is 19.3 Å². The Hall–Kier alpha value is -0.740. The average Bonchev–Trinajstić information content (AvgIpc) is 2.62. The summed E-state index contributed by atoms with van der Waals surface area (Å²) in [6.07, 6.45) is 5.41. The second-order valence-corrected chi connectivity index (χ2v) is 4.18. The van der Waals surface area contributed by atoms with Crippen molar-refractivity contribution in [2.24, 2.45) is 0 Å². The van der Waals surface area contributed by atoms with Gasteiger partial charge in [-0.1, -0.05) is 11.6 Å². The molecule has 1 fully saturated rings. The number of anilines is 1. The number of rotatable bonds is 3. The van der Waals surface area contributed by atoms with Crippen LogP contribution in [-0.4, -0.2) is 34.4 Å². The van der Waals surface area contributed by atoms with Gasteiger partial charge in [-0.3, -0.25) is 0 Å². The zero-order valence-electron chi connectivity index (χ0n) is 8.69. The summed E-state index contributed by atoms with van der Waals surface area (Å²) < 4.78 is 1.92. The molecule has 0 amide bonds. The van der Waals surface area contributed by atoms with Crippen LogP contribution < -0.4 is 4.90 Å². The van der Waals surface area contributed by atoms with E-state index in [0.717, 1.165) is 18.9 Å². The van der Waals surface area contributed by atoms with E-state index in [9.17, 15) is 0 Å². The first kappa shape index (κ1) is 10.8. The van der Waals surface area contributed by atoms with Gasteiger partial charge in [-0.15, -0.1) is 0 Å². The predicted molar refractivity (Wildman–Crippen MR) is 60.4 cm³/mol. The Morgan fingerprint density at radius 2 is 2.07 bits per heavy atom. The molecular formula is C10H16ClN3O. The summed E-state index contributed by atoms with van der Waals surface area (Å²) in [4.78, 5) is 6.34. The fraction of sp³-hybridized carbons (Fsp3) is 0.700. The van der Waals surface area contributed by atoms with E-state index in [1.54, 1.807) is 6.33 Å². The molecule has 1 aromatic heterocycles. The Labute approximate surface area is 94.5 Å². The maximum Gasteiger partial charge on any atom is 0.171 e. The van der Waals surface area contributed by atoms with Crippen LogP contribution >= 0.6 is 11.6 Å². The first-order chi connectivity index (χ1) is 7.33. The highest BCUT2D eigenvalue weighted by atomic mass is 35.5. The molecule has 0 spiro atoms. The topological polar surface area (TPSA) is 41.3 Å². The average molecular weight is 230 g/mol. The molecule has 84 valence electrons. The number of halogens is 1. The van der Waals surface area contributed by atoms with Crippen molar-refractivity contribution in [2.45, 2.75) is 25.8 Å². The second-order valence-electron chi connectivity index (χ2n) is 3.82. The molecule has 0 bridgehead atoms. The van der Waals surface area contributed by atoms with Crippen molar-refractivity contribution in [2.75, 3.05) is 24.6 Å². The quantitative estimate of drug-likeness (QED) is 0.855. The van der Waals surface area contributed by atoms with Crippen molar-refractivity contribution < 1.29 is 5.11 Å². The zero-order chi connectivity index (χ0) is 10.7. The molecule has 1 aliphatic heterocycles. The van der Waals surface area contributed by atoms with Gasteiger partial charge >= 0.3 is 0 Å². The molecule has 4 nitrogen and oxygen atoms in total. The van der Waals surface area contributed by atoms with E-state index in [-0.39, 0.29) is 6.61 Å². The van der Waals surface area contributed by atoms with Crippen LogP contribution in [0.25, 0.3) is 0 Å². The van der Waals surface area contributed by atoms with Gasteiger partial charge in [-0.05, 0) is 19.3 Å². The number of hydrogen-bond donors (Lipinski definition) is 1. The highest BCUT2D eigenvalue weighted by Gasteiger charge is 2.18. The van der Waals surface area contributed by atoms with Crippen LogP contribution in [0.5, 0.6) is 0 Å². The van der Waals surface area contributed by atoms with Gasteiger partial charge < -0.3 is 14.6 Å². The van der Waals surface area contributed by atoms with Crippen LogP contribution in [0, 0.1) is 0 Å². The maximum absolute atomic E-state index is 8.94. The van der Waals surface area contributed by atoms with Crippen LogP contribution in [0.2, 0.25) is 5.15 Å². The van der Waals surface area contributed by atoms with E-state index in [2.05, 4.69) is 9.88 Å². The molecule has 1 aliphatic rings. The molecule has 15 heavy (non-hydrogen) atoms. The van der Waals surface area contributed by atoms with Gasteiger partial charge in [0.05, 0.1) is 12.9 Å². The minimum absolute atomic E-state index is 0.119. The Bertz CT molecular complexity index is 320. The molecule has 0 unspecified atom stereocenters. The summed E-state index contributed by atoms with van der Waals surface area (Å²) in [6.45, 7) is 2.76. The molecule has 2 heterocycles. The molecule has 2 rings (SSSR count). The second kappa shape index (κ2) is 4.86. The van der Waals surface area contributed by atoms with Gasteiger partial charge in [-0.25, -0.2) is 4.98 Å². The lowest BCUT2D eigenvalue weighted by Gasteiger charge is -2.29. The van der Waals surface area contributed by atoms with E-state index in [4.69, 9.17) is 16.7 Å². The van der Waals surface area contributed by atoms with Crippen LogP contribution in [0.3, 0.4) is 0 Å². The highest BCUT2D eigenvalue weighted by molar-refractivity contribution is 6.31.